The lowest BCUT2D eigenvalue weighted by Gasteiger charge is -1.99. The Morgan fingerprint density at radius 3 is 2.41 bits per heavy atom. The third-order valence-electron chi connectivity index (χ3n) is 2.20. The lowest BCUT2D eigenvalue weighted by molar-refractivity contribution is 0.0684. The van der Waals surface area contributed by atoms with Gasteiger partial charge in [-0.05, 0) is 12.1 Å². The number of halogens is 2. The van der Waals surface area contributed by atoms with E-state index >= 15 is 0 Å². The van der Waals surface area contributed by atoms with Crippen molar-refractivity contribution >= 4 is 5.97 Å². The maximum absolute atomic E-state index is 12.6. The van der Waals surface area contributed by atoms with Crippen molar-refractivity contribution in [2.75, 3.05) is 0 Å². The smallest absolute Gasteiger partial charge is 0.339 e. The standard InChI is InChI=1S/C11H8F2N2O2/c12-10(13)9-8(11(16)17)6-15(14-9)7-4-2-1-3-5-7/h1-6,10H,(H,16,17). The van der Waals surface area contributed by atoms with Gasteiger partial charge in [0.2, 0.25) is 0 Å². The first-order valence-corrected chi connectivity index (χ1v) is 4.76. The molecule has 0 fully saturated rings. The van der Waals surface area contributed by atoms with Gasteiger partial charge in [-0.15, -0.1) is 0 Å². The van der Waals surface area contributed by atoms with Crippen LogP contribution >= 0.6 is 0 Å². The van der Waals surface area contributed by atoms with Gasteiger partial charge in [-0.25, -0.2) is 18.3 Å². The molecular weight excluding hydrogens is 230 g/mol. The summed E-state index contributed by atoms with van der Waals surface area (Å²) in [6, 6.07) is 8.47. The number of carboxylic acid groups (broad SMARTS) is 1. The van der Waals surface area contributed by atoms with Crippen LogP contribution < -0.4 is 0 Å². The van der Waals surface area contributed by atoms with E-state index in [2.05, 4.69) is 5.10 Å². The number of benzene rings is 1. The van der Waals surface area contributed by atoms with Gasteiger partial charge in [0.05, 0.1) is 5.69 Å². The molecule has 17 heavy (non-hydrogen) atoms. The number of aromatic carboxylic acids is 1. The van der Waals surface area contributed by atoms with Gasteiger partial charge in [0, 0.05) is 6.20 Å². The maximum Gasteiger partial charge on any atom is 0.339 e. The molecule has 88 valence electrons. The second-order valence-corrected chi connectivity index (χ2v) is 3.31. The van der Waals surface area contributed by atoms with E-state index in [4.69, 9.17) is 5.11 Å². The molecule has 2 aromatic rings. The molecule has 0 saturated carbocycles. The van der Waals surface area contributed by atoms with Crippen molar-refractivity contribution < 1.29 is 18.7 Å². The van der Waals surface area contributed by atoms with Crippen LogP contribution in [0.3, 0.4) is 0 Å². The van der Waals surface area contributed by atoms with Crippen LogP contribution in [0.15, 0.2) is 36.5 Å². The molecule has 0 atom stereocenters. The maximum atomic E-state index is 12.6. The van der Waals surface area contributed by atoms with Crippen LogP contribution in [0.4, 0.5) is 8.78 Å². The Kier molecular flexibility index (Phi) is 2.86. The molecule has 0 aliphatic carbocycles. The van der Waals surface area contributed by atoms with E-state index in [-0.39, 0.29) is 0 Å². The quantitative estimate of drug-likeness (QED) is 0.893. The van der Waals surface area contributed by atoms with Crippen molar-refractivity contribution in [3.8, 4) is 5.69 Å². The number of alkyl halides is 2. The number of aromatic nitrogens is 2. The summed E-state index contributed by atoms with van der Waals surface area (Å²) >= 11 is 0. The lowest BCUT2D eigenvalue weighted by atomic mass is 10.2. The van der Waals surface area contributed by atoms with Gasteiger partial charge in [0.1, 0.15) is 11.3 Å². The van der Waals surface area contributed by atoms with Crippen molar-refractivity contribution in [2.45, 2.75) is 6.43 Å². The second-order valence-electron chi connectivity index (χ2n) is 3.31. The highest BCUT2D eigenvalue weighted by molar-refractivity contribution is 5.88. The summed E-state index contributed by atoms with van der Waals surface area (Å²) in [7, 11) is 0. The number of carbonyl (C=O) groups is 1. The minimum absolute atomic E-state index is 0.483. The minimum Gasteiger partial charge on any atom is -0.478 e. The average Bonchev–Trinajstić information content (AvgIpc) is 2.75. The highest BCUT2D eigenvalue weighted by Gasteiger charge is 2.23. The first-order chi connectivity index (χ1) is 8.09. The average molecular weight is 238 g/mol. The number of rotatable bonds is 3. The first kappa shape index (κ1) is 11.3. The molecule has 1 aromatic heterocycles. The van der Waals surface area contributed by atoms with Crippen LogP contribution in [0.5, 0.6) is 0 Å². The molecule has 0 unspecified atom stereocenters. The van der Waals surface area contributed by atoms with Crippen LogP contribution in [0.2, 0.25) is 0 Å². The number of para-hydroxylation sites is 1. The second kappa shape index (κ2) is 4.32. The Morgan fingerprint density at radius 2 is 1.94 bits per heavy atom. The van der Waals surface area contributed by atoms with Crippen molar-refractivity contribution in [3.63, 3.8) is 0 Å². The molecule has 6 heteroatoms. The Hall–Kier alpha value is -2.24. The number of hydrogen-bond acceptors (Lipinski definition) is 2. The molecule has 4 nitrogen and oxygen atoms in total. The van der Waals surface area contributed by atoms with E-state index in [1.54, 1.807) is 30.3 Å². The van der Waals surface area contributed by atoms with Crippen molar-refractivity contribution in [2.24, 2.45) is 0 Å². The molecule has 0 bridgehead atoms. The van der Waals surface area contributed by atoms with Gasteiger partial charge in [0.15, 0.2) is 0 Å². The minimum atomic E-state index is -2.91. The fourth-order valence-corrected chi connectivity index (χ4v) is 1.43. The molecule has 1 aromatic carbocycles. The largest absolute Gasteiger partial charge is 0.478 e. The van der Waals surface area contributed by atoms with E-state index in [9.17, 15) is 13.6 Å². The summed E-state index contributed by atoms with van der Waals surface area (Å²) in [4.78, 5) is 10.8. The first-order valence-electron chi connectivity index (χ1n) is 4.76. The summed E-state index contributed by atoms with van der Waals surface area (Å²) in [5, 5.41) is 12.4. The van der Waals surface area contributed by atoms with Gasteiger partial charge in [-0.1, -0.05) is 18.2 Å². The topological polar surface area (TPSA) is 55.1 Å². The van der Waals surface area contributed by atoms with Crippen molar-refractivity contribution in [3.05, 3.63) is 47.8 Å². The van der Waals surface area contributed by atoms with E-state index in [0.29, 0.717) is 5.69 Å². The molecule has 2 rings (SSSR count). The van der Waals surface area contributed by atoms with Crippen LogP contribution in [0, 0.1) is 0 Å². The number of hydrogen-bond donors (Lipinski definition) is 1. The van der Waals surface area contributed by atoms with Gasteiger partial charge in [-0.2, -0.15) is 5.10 Å². The Balaban J connectivity index is 2.51. The zero-order valence-corrected chi connectivity index (χ0v) is 8.55. The molecule has 0 radical (unpaired) electrons. The third-order valence-corrected chi connectivity index (χ3v) is 2.20. The highest BCUT2D eigenvalue weighted by atomic mass is 19.3. The van der Waals surface area contributed by atoms with Gasteiger partial charge in [-0.3, -0.25) is 0 Å². The molecule has 0 aliphatic rings. The number of nitrogens with zero attached hydrogens (tertiary/aromatic N) is 2. The predicted molar refractivity (Wildman–Crippen MR) is 55.5 cm³/mol. The summed E-state index contributed by atoms with van der Waals surface area (Å²) in [6.45, 7) is 0. The molecule has 1 heterocycles. The van der Waals surface area contributed by atoms with Crippen molar-refractivity contribution in [1.82, 2.24) is 9.78 Å². The number of carboxylic acids is 1. The Bertz CT molecular complexity index is 538. The zero-order chi connectivity index (χ0) is 12.4. The van der Waals surface area contributed by atoms with Gasteiger partial charge < -0.3 is 5.11 Å². The van der Waals surface area contributed by atoms with Gasteiger partial charge in [0.25, 0.3) is 6.43 Å². The zero-order valence-electron chi connectivity index (χ0n) is 8.55. The Labute approximate surface area is 95.1 Å². The van der Waals surface area contributed by atoms with E-state index in [1.807, 2.05) is 0 Å². The van der Waals surface area contributed by atoms with E-state index in [1.165, 1.54) is 0 Å². The normalized spacial score (nSPS) is 10.8. The molecule has 0 saturated heterocycles. The van der Waals surface area contributed by atoms with Gasteiger partial charge >= 0.3 is 5.97 Å². The van der Waals surface area contributed by atoms with Crippen LogP contribution in [-0.4, -0.2) is 20.9 Å². The van der Waals surface area contributed by atoms with Crippen molar-refractivity contribution in [1.29, 1.82) is 0 Å². The SMILES string of the molecule is O=C(O)c1cn(-c2ccccc2)nc1C(F)F. The summed E-state index contributed by atoms with van der Waals surface area (Å²) in [5.74, 6) is -1.41. The monoisotopic (exact) mass is 238 g/mol. The van der Waals surface area contributed by atoms with E-state index < -0.39 is 23.7 Å². The summed E-state index contributed by atoms with van der Waals surface area (Å²) in [5.41, 5.74) is -0.674. The molecule has 0 amide bonds. The summed E-state index contributed by atoms with van der Waals surface area (Å²) < 4.78 is 26.3. The third kappa shape index (κ3) is 2.15. The Morgan fingerprint density at radius 1 is 1.29 bits per heavy atom. The van der Waals surface area contributed by atoms with Crippen LogP contribution in [-0.2, 0) is 0 Å². The van der Waals surface area contributed by atoms with Crippen LogP contribution in [0.1, 0.15) is 22.5 Å². The fourth-order valence-electron chi connectivity index (χ4n) is 1.43. The predicted octanol–water partition coefficient (Wildman–Crippen LogP) is 2.51. The molecular formula is C11H8F2N2O2. The van der Waals surface area contributed by atoms with Crippen LogP contribution in [0.25, 0.3) is 5.69 Å². The summed E-state index contributed by atoms with van der Waals surface area (Å²) in [6.07, 6.45) is -1.83. The molecule has 1 N–H and O–H groups in total. The highest BCUT2D eigenvalue weighted by Crippen LogP contribution is 2.22. The van der Waals surface area contributed by atoms with E-state index in [0.717, 1.165) is 10.9 Å². The molecule has 0 spiro atoms. The molecule has 0 aliphatic heterocycles. The fraction of sp³-hybridized carbons (Fsp3) is 0.0909. The lowest BCUT2D eigenvalue weighted by Crippen LogP contribution is -1.99.